The SMILES string of the molecule is CC(NC(=O)C(C)(C)C)C(=O)NNC(=O)c1c[nH]c2ccccc12. The Bertz CT molecular complexity index is 773. The van der Waals surface area contributed by atoms with Gasteiger partial charge in [0.25, 0.3) is 11.8 Å². The molecule has 128 valence electrons. The predicted octanol–water partition coefficient (Wildman–Crippen LogP) is 1.48. The van der Waals surface area contributed by atoms with E-state index in [0.717, 1.165) is 10.9 Å². The molecule has 0 saturated carbocycles. The van der Waals surface area contributed by atoms with E-state index in [1.54, 1.807) is 33.9 Å². The number of para-hydroxylation sites is 1. The zero-order valence-electron chi connectivity index (χ0n) is 14.2. The number of hydrogen-bond acceptors (Lipinski definition) is 3. The zero-order valence-corrected chi connectivity index (χ0v) is 14.2. The summed E-state index contributed by atoms with van der Waals surface area (Å²) in [7, 11) is 0. The van der Waals surface area contributed by atoms with Crippen molar-refractivity contribution in [3.63, 3.8) is 0 Å². The van der Waals surface area contributed by atoms with E-state index in [9.17, 15) is 14.4 Å². The quantitative estimate of drug-likeness (QED) is 0.641. The molecule has 0 saturated heterocycles. The molecule has 4 N–H and O–H groups in total. The van der Waals surface area contributed by atoms with Gasteiger partial charge in [0, 0.05) is 22.5 Å². The average Bonchev–Trinajstić information content (AvgIpc) is 2.95. The summed E-state index contributed by atoms with van der Waals surface area (Å²) in [6, 6.07) is 6.60. The monoisotopic (exact) mass is 330 g/mol. The van der Waals surface area contributed by atoms with Crippen LogP contribution in [-0.4, -0.2) is 28.7 Å². The van der Waals surface area contributed by atoms with Crippen molar-refractivity contribution in [3.05, 3.63) is 36.0 Å². The van der Waals surface area contributed by atoms with Crippen molar-refractivity contribution in [2.24, 2.45) is 5.41 Å². The maximum Gasteiger partial charge on any atom is 0.271 e. The number of aromatic amines is 1. The first-order valence-electron chi connectivity index (χ1n) is 7.67. The van der Waals surface area contributed by atoms with Crippen LogP contribution in [0.1, 0.15) is 38.1 Å². The van der Waals surface area contributed by atoms with Gasteiger partial charge in [-0.15, -0.1) is 0 Å². The minimum Gasteiger partial charge on any atom is -0.360 e. The highest BCUT2D eigenvalue weighted by atomic mass is 16.2. The van der Waals surface area contributed by atoms with E-state index in [0.29, 0.717) is 5.56 Å². The molecule has 0 aliphatic rings. The summed E-state index contributed by atoms with van der Waals surface area (Å²) in [5.41, 5.74) is 5.35. The molecule has 1 unspecified atom stereocenters. The first-order chi connectivity index (χ1) is 11.2. The fraction of sp³-hybridized carbons (Fsp3) is 0.353. The predicted molar refractivity (Wildman–Crippen MR) is 91.0 cm³/mol. The summed E-state index contributed by atoms with van der Waals surface area (Å²) in [6.45, 7) is 6.82. The molecular formula is C17H22N4O3. The molecule has 0 fully saturated rings. The van der Waals surface area contributed by atoms with Crippen molar-refractivity contribution in [2.75, 3.05) is 0 Å². The highest BCUT2D eigenvalue weighted by molar-refractivity contribution is 6.07. The number of hydrogen-bond donors (Lipinski definition) is 4. The Kier molecular flexibility index (Phi) is 4.92. The van der Waals surface area contributed by atoms with E-state index in [1.807, 2.05) is 24.3 Å². The third-order valence-electron chi connectivity index (χ3n) is 3.56. The molecule has 0 aliphatic carbocycles. The molecule has 0 aliphatic heterocycles. The lowest BCUT2D eigenvalue weighted by Gasteiger charge is -2.21. The molecule has 24 heavy (non-hydrogen) atoms. The largest absolute Gasteiger partial charge is 0.360 e. The smallest absolute Gasteiger partial charge is 0.271 e. The number of benzene rings is 1. The Labute approximate surface area is 140 Å². The first kappa shape index (κ1) is 17.5. The van der Waals surface area contributed by atoms with Gasteiger partial charge in [0.05, 0.1) is 5.56 Å². The number of rotatable bonds is 3. The number of hydrazine groups is 1. The second-order valence-electron chi connectivity index (χ2n) is 6.64. The Balaban J connectivity index is 1.94. The van der Waals surface area contributed by atoms with Gasteiger partial charge in [-0.1, -0.05) is 39.0 Å². The molecule has 2 aromatic rings. The van der Waals surface area contributed by atoms with Gasteiger partial charge in [0.1, 0.15) is 6.04 Å². The molecule has 0 bridgehead atoms. The summed E-state index contributed by atoms with van der Waals surface area (Å²) in [6.07, 6.45) is 1.58. The van der Waals surface area contributed by atoms with Gasteiger partial charge in [0.2, 0.25) is 5.91 Å². The van der Waals surface area contributed by atoms with Crippen molar-refractivity contribution in [1.82, 2.24) is 21.2 Å². The van der Waals surface area contributed by atoms with Crippen LogP contribution in [0.4, 0.5) is 0 Å². The van der Waals surface area contributed by atoms with Gasteiger partial charge in [-0.2, -0.15) is 0 Å². The van der Waals surface area contributed by atoms with Gasteiger partial charge < -0.3 is 10.3 Å². The van der Waals surface area contributed by atoms with Crippen LogP contribution in [0.3, 0.4) is 0 Å². The van der Waals surface area contributed by atoms with Gasteiger partial charge in [-0.05, 0) is 13.0 Å². The highest BCUT2D eigenvalue weighted by Crippen LogP contribution is 2.17. The van der Waals surface area contributed by atoms with Crippen molar-refractivity contribution in [3.8, 4) is 0 Å². The average molecular weight is 330 g/mol. The highest BCUT2D eigenvalue weighted by Gasteiger charge is 2.25. The second kappa shape index (κ2) is 6.74. The van der Waals surface area contributed by atoms with Crippen LogP contribution in [0.15, 0.2) is 30.5 Å². The molecule has 0 radical (unpaired) electrons. The van der Waals surface area contributed by atoms with Crippen LogP contribution in [0.25, 0.3) is 10.9 Å². The summed E-state index contributed by atoms with van der Waals surface area (Å²) in [5.74, 6) is -1.18. The molecular weight excluding hydrogens is 308 g/mol. The van der Waals surface area contributed by atoms with Crippen LogP contribution in [0.5, 0.6) is 0 Å². The maximum absolute atomic E-state index is 12.2. The third-order valence-corrected chi connectivity index (χ3v) is 3.56. The van der Waals surface area contributed by atoms with Crippen molar-refractivity contribution in [1.29, 1.82) is 0 Å². The number of carbonyl (C=O) groups is 3. The number of H-pyrrole nitrogens is 1. The molecule has 7 nitrogen and oxygen atoms in total. The van der Waals surface area contributed by atoms with Crippen molar-refractivity contribution >= 4 is 28.6 Å². The van der Waals surface area contributed by atoms with Crippen LogP contribution >= 0.6 is 0 Å². The number of nitrogens with one attached hydrogen (secondary N) is 4. The normalized spacial score (nSPS) is 12.5. The van der Waals surface area contributed by atoms with Gasteiger partial charge in [-0.25, -0.2) is 0 Å². The molecule has 3 amide bonds. The second-order valence-corrected chi connectivity index (χ2v) is 6.64. The van der Waals surface area contributed by atoms with E-state index < -0.39 is 23.3 Å². The third kappa shape index (κ3) is 3.92. The zero-order chi connectivity index (χ0) is 17.9. The number of carbonyl (C=O) groups excluding carboxylic acids is 3. The van der Waals surface area contributed by atoms with Crippen molar-refractivity contribution < 1.29 is 14.4 Å². The lowest BCUT2D eigenvalue weighted by Crippen LogP contribution is -2.52. The van der Waals surface area contributed by atoms with E-state index in [1.165, 1.54) is 0 Å². The molecule has 7 heteroatoms. The van der Waals surface area contributed by atoms with Crippen LogP contribution in [-0.2, 0) is 9.59 Å². The Morgan fingerprint density at radius 3 is 2.42 bits per heavy atom. The molecule has 1 heterocycles. The molecule has 1 aromatic heterocycles. The maximum atomic E-state index is 12.2. The van der Waals surface area contributed by atoms with E-state index in [-0.39, 0.29) is 5.91 Å². The summed E-state index contributed by atoms with van der Waals surface area (Å²) in [4.78, 5) is 39.0. The minimum atomic E-state index is -0.764. The fourth-order valence-corrected chi connectivity index (χ4v) is 2.03. The van der Waals surface area contributed by atoms with Crippen LogP contribution < -0.4 is 16.2 Å². The van der Waals surface area contributed by atoms with Gasteiger partial charge in [-0.3, -0.25) is 25.2 Å². The number of amides is 3. The summed E-state index contributed by atoms with van der Waals surface area (Å²) < 4.78 is 0. The minimum absolute atomic E-state index is 0.242. The molecule has 2 rings (SSSR count). The molecule has 1 aromatic carbocycles. The number of fused-ring (bicyclic) bond motifs is 1. The van der Waals surface area contributed by atoms with Crippen LogP contribution in [0, 0.1) is 5.41 Å². The van der Waals surface area contributed by atoms with E-state index >= 15 is 0 Å². The lowest BCUT2D eigenvalue weighted by molar-refractivity contribution is -0.133. The van der Waals surface area contributed by atoms with Gasteiger partial charge >= 0.3 is 0 Å². The standard InChI is InChI=1S/C17H22N4O3/c1-10(19-16(24)17(2,3)4)14(22)20-21-15(23)12-9-18-13-8-6-5-7-11(12)13/h5-10,18H,1-4H3,(H,19,24)(H,20,22)(H,21,23). The van der Waals surface area contributed by atoms with Crippen LogP contribution in [0.2, 0.25) is 0 Å². The van der Waals surface area contributed by atoms with Gasteiger partial charge in [0.15, 0.2) is 0 Å². The van der Waals surface area contributed by atoms with Crippen molar-refractivity contribution in [2.45, 2.75) is 33.7 Å². The molecule has 0 spiro atoms. The fourth-order valence-electron chi connectivity index (χ4n) is 2.03. The number of aromatic nitrogens is 1. The Morgan fingerprint density at radius 2 is 1.75 bits per heavy atom. The Morgan fingerprint density at radius 1 is 1.08 bits per heavy atom. The Hall–Kier alpha value is -2.83. The first-order valence-corrected chi connectivity index (χ1v) is 7.67. The topological polar surface area (TPSA) is 103 Å². The lowest BCUT2D eigenvalue weighted by atomic mass is 9.95. The molecule has 1 atom stereocenters. The summed E-state index contributed by atoms with van der Waals surface area (Å²) in [5, 5.41) is 3.36. The van der Waals surface area contributed by atoms with E-state index in [2.05, 4.69) is 21.2 Å². The summed E-state index contributed by atoms with van der Waals surface area (Å²) >= 11 is 0. The van der Waals surface area contributed by atoms with E-state index in [4.69, 9.17) is 0 Å².